The number of aliphatic hydroxyl groups excluding tert-OH is 1. The highest BCUT2D eigenvalue weighted by Crippen LogP contribution is 2.30. The molecule has 5 heteroatoms. The molecule has 0 saturated carbocycles. The van der Waals surface area contributed by atoms with Crippen LogP contribution in [-0.2, 0) is 11.2 Å². The standard InChI is InChI=1S/C18H18FNO3/c1-20(15-5-6-17-13(10-15)7-8-23-17)18(22)11-16(21)12-3-2-4-14(19)9-12/h2-6,9-10,16,21H,7-8,11H2,1H3/t16-/m1/s1. The van der Waals surface area contributed by atoms with Crippen LogP contribution < -0.4 is 9.64 Å². The third kappa shape index (κ3) is 3.35. The summed E-state index contributed by atoms with van der Waals surface area (Å²) < 4.78 is 18.6. The summed E-state index contributed by atoms with van der Waals surface area (Å²) in [6.45, 7) is 0.661. The molecule has 0 fully saturated rings. The Morgan fingerprint density at radius 2 is 2.17 bits per heavy atom. The van der Waals surface area contributed by atoms with Crippen LogP contribution in [0.3, 0.4) is 0 Å². The minimum Gasteiger partial charge on any atom is -0.493 e. The third-order valence-electron chi connectivity index (χ3n) is 4.04. The number of carbonyl (C=O) groups is 1. The molecule has 23 heavy (non-hydrogen) atoms. The minimum atomic E-state index is -1.03. The van der Waals surface area contributed by atoms with E-state index in [0.29, 0.717) is 12.2 Å². The molecule has 0 aromatic heterocycles. The van der Waals surface area contributed by atoms with E-state index in [-0.39, 0.29) is 12.3 Å². The highest BCUT2D eigenvalue weighted by molar-refractivity contribution is 5.93. The van der Waals surface area contributed by atoms with Crippen LogP contribution in [0.4, 0.5) is 10.1 Å². The van der Waals surface area contributed by atoms with Crippen LogP contribution in [-0.4, -0.2) is 24.7 Å². The zero-order valence-corrected chi connectivity index (χ0v) is 12.8. The number of nitrogens with zero attached hydrogens (tertiary/aromatic N) is 1. The van der Waals surface area contributed by atoms with E-state index in [1.54, 1.807) is 13.1 Å². The lowest BCUT2D eigenvalue weighted by Crippen LogP contribution is -2.27. The summed E-state index contributed by atoms with van der Waals surface area (Å²) in [4.78, 5) is 13.9. The first-order valence-electron chi connectivity index (χ1n) is 7.50. The van der Waals surface area contributed by atoms with Crippen molar-refractivity contribution in [3.8, 4) is 5.75 Å². The lowest BCUT2D eigenvalue weighted by atomic mass is 10.1. The van der Waals surface area contributed by atoms with E-state index < -0.39 is 11.9 Å². The van der Waals surface area contributed by atoms with E-state index >= 15 is 0 Å². The lowest BCUT2D eigenvalue weighted by molar-refractivity contribution is -0.120. The Bertz CT molecular complexity index is 732. The smallest absolute Gasteiger partial charge is 0.229 e. The molecule has 2 aromatic rings. The molecule has 1 heterocycles. The normalized spacial score (nSPS) is 14.0. The van der Waals surface area contributed by atoms with Gasteiger partial charge in [-0.2, -0.15) is 0 Å². The second-order valence-electron chi connectivity index (χ2n) is 5.62. The summed E-state index contributed by atoms with van der Waals surface area (Å²) in [7, 11) is 1.66. The topological polar surface area (TPSA) is 49.8 Å². The molecule has 1 amide bonds. The fourth-order valence-corrected chi connectivity index (χ4v) is 2.66. The van der Waals surface area contributed by atoms with Gasteiger partial charge in [-0.3, -0.25) is 4.79 Å². The number of hydrogen-bond donors (Lipinski definition) is 1. The fraction of sp³-hybridized carbons (Fsp3) is 0.278. The summed E-state index contributed by atoms with van der Waals surface area (Å²) in [5, 5.41) is 10.1. The van der Waals surface area contributed by atoms with Gasteiger partial charge in [0.2, 0.25) is 5.91 Å². The SMILES string of the molecule is CN(C(=O)C[C@@H](O)c1cccc(F)c1)c1ccc2c(c1)CCO2. The average molecular weight is 315 g/mol. The van der Waals surface area contributed by atoms with Crippen molar-refractivity contribution in [1.29, 1.82) is 0 Å². The van der Waals surface area contributed by atoms with Gasteiger partial charge in [0.15, 0.2) is 0 Å². The lowest BCUT2D eigenvalue weighted by Gasteiger charge is -2.20. The Hall–Kier alpha value is -2.40. The quantitative estimate of drug-likeness (QED) is 0.944. The molecule has 0 radical (unpaired) electrons. The number of rotatable bonds is 4. The van der Waals surface area contributed by atoms with Crippen molar-refractivity contribution in [2.75, 3.05) is 18.6 Å². The zero-order valence-electron chi connectivity index (χ0n) is 12.8. The van der Waals surface area contributed by atoms with E-state index in [2.05, 4.69) is 0 Å². The van der Waals surface area contributed by atoms with Crippen LogP contribution in [0.5, 0.6) is 5.75 Å². The van der Waals surface area contributed by atoms with E-state index in [4.69, 9.17) is 4.74 Å². The molecule has 0 aliphatic carbocycles. The number of benzene rings is 2. The van der Waals surface area contributed by atoms with Gasteiger partial charge < -0.3 is 14.7 Å². The molecular weight excluding hydrogens is 297 g/mol. The Balaban J connectivity index is 1.70. The molecule has 4 nitrogen and oxygen atoms in total. The van der Waals surface area contributed by atoms with Crippen LogP contribution in [0.2, 0.25) is 0 Å². The number of anilines is 1. The van der Waals surface area contributed by atoms with E-state index in [1.165, 1.54) is 23.1 Å². The van der Waals surface area contributed by atoms with Crippen molar-refractivity contribution >= 4 is 11.6 Å². The Morgan fingerprint density at radius 3 is 2.96 bits per heavy atom. The first-order valence-corrected chi connectivity index (χ1v) is 7.50. The van der Waals surface area contributed by atoms with Crippen LogP contribution in [0.25, 0.3) is 0 Å². The second kappa shape index (κ2) is 6.38. The van der Waals surface area contributed by atoms with Crippen LogP contribution >= 0.6 is 0 Å². The van der Waals surface area contributed by atoms with Crippen molar-refractivity contribution < 1.29 is 19.0 Å². The van der Waals surface area contributed by atoms with Gasteiger partial charge in [0.1, 0.15) is 11.6 Å². The Morgan fingerprint density at radius 1 is 1.35 bits per heavy atom. The average Bonchev–Trinajstić information content (AvgIpc) is 3.01. The first-order chi connectivity index (χ1) is 11.0. The number of aliphatic hydroxyl groups is 1. The summed E-state index contributed by atoms with van der Waals surface area (Å²) in [6, 6.07) is 11.3. The molecule has 1 aliphatic heterocycles. The van der Waals surface area contributed by atoms with E-state index in [9.17, 15) is 14.3 Å². The van der Waals surface area contributed by atoms with E-state index in [1.807, 2.05) is 18.2 Å². The van der Waals surface area contributed by atoms with Gasteiger partial charge in [-0.25, -0.2) is 4.39 Å². The van der Waals surface area contributed by atoms with Crippen molar-refractivity contribution in [2.24, 2.45) is 0 Å². The maximum Gasteiger partial charge on any atom is 0.229 e. The summed E-state index contributed by atoms with van der Waals surface area (Å²) in [5.41, 5.74) is 2.23. The van der Waals surface area contributed by atoms with Gasteiger partial charge in [0.25, 0.3) is 0 Å². The van der Waals surface area contributed by atoms with Crippen molar-refractivity contribution in [3.05, 3.63) is 59.4 Å². The largest absolute Gasteiger partial charge is 0.493 e. The predicted octanol–water partition coefficient (Wildman–Crippen LogP) is 2.85. The highest BCUT2D eigenvalue weighted by atomic mass is 19.1. The molecule has 1 N–H and O–H groups in total. The summed E-state index contributed by atoms with van der Waals surface area (Å²) >= 11 is 0. The van der Waals surface area contributed by atoms with Crippen molar-refractivity contribution in [1.82, 2.24) is 0 Å². The number of halogens is 1. The molecule has 2 aromatic carbocycles. The van der Waals surface area contributed by atoms with E-state index in [0.717, 1.165) is 23.4 Å². The minimum absolute atomic E-state index is 0.104. The van der Waals surface area contributed by atoms with Crippen LogP contribution in [0.15, 0.2) is 42.5 Å². The van der Waals surface area contributed by atoms with Crippen molar-refractivity contribution in [3.63, 3.8) is 0 Å². The Labute approximate surface area is 134 Å². The maximum absolute atomic E-state index is 13.2. The van der Waals surface area contributed by atoms with Gasteiger partial charge >= 0.3 is 0 Å². The van der Waals surface area contributed by atoms with Crippen molar-refractivity contribution in [2.45, 2.75) is 18.9 Å². The molecule has 0 spiro atoms. The predicted molar refractivity (Wildman–Crippen MR) is 85.0 cm³/mol. The molecule has 3 rings (SSSR count). The van der Waals surface area contributed by atoms with Gasteiger partial charge in [-0.05, 0) is 41.5 Å². The molecule has 0 saturated heterocycles. The number of fused-ring (bicyclic) bond motifs is 1. The number of carbonyl (C=O) groups excluding carboxylic acids is 1. The van der Waals surface area contributed by atoms with Gasteiger partial charge in [-0.15, -0.1) is 0 Å². The Kier molecular flexibility index (Phi) is 4.30. The molecule has 1 atom stereocenters. The fourth-order valence-electron chi connectivity index (χ4n) is 2.66. The number of hydrogen-bond acceptors (Lipinski definition) is 3. The van der Waals surface area contributed by atoms with Gasteiger partial charge in [-0.1, -0.05) is 12.1 Å². The monoisotopic (exact) mass is 315 g/mol. The van der Waals surface area contributed by atoms with Gasteiger partial charge in [0, 0.05) is 19.2 Å². The van der Waals surface area contributed by atoms with Gasteiger partial charge in [0.05, 0.1) is 19.1 Å². The van der Waals surface area contributed by atoms with Crippen LogP contribution in [0, 0.1) is 5.82 Å². The molecule has 0 unspecified atom stereocenters. The molecule has 1 aliphatic rings. The number of ether oxygens (including phenoxy) is 1. The zero-order chi connectivity index (χ0) is 16.4. The third-order valence-corrected chi connectivity index (χ3v) is 4.04. The highest BCUT2D eigenvalue weighted by Gasteiger charge is 2.20. The summed E-state index contributed by atoms with van der Waals surface area (Å²) in [6.07, 6.45) is -0.302. The van der Waals surface area contributed by atoms with Crippen LogP contribution in [0.1, 0.15) is 23.7 Å². The molecular formula is C18H18FNO3. The first kappa shape index (κ1) is 15.5. The summed E-state index contributed by atoms with van der Waals surface area (Å²) in [5.74, 6) is 0.191. The molecule has 0 bridgehead atoms. The maximum atomic E-state index is 13.2. The number of amides is 1. The second-order valence-corrected chi connectivity index (χ2v) is 5.62. The molecule has 120 valence electrons.